The SMILES string of the molecule is N#Cc1ccc2oc(CC(=O)O)cc2c1. The van der Waals surface area contributed by atoms with Crippen LogP contribution >= 0.6 is 0 Å². The number of hydrogen-bond donors (Lipinski definition) is 1. The van der Waals surface area contributed by atoms with Crippen LogP contribution < -0.4 is 0 Å². The summed E-state index contributed by atoms with van der Waals surface area (Å²) in [6, 6.07) is 8.63. The molecule has 15 heavy (non-hydrogen) atoms. The number of hydrogen-bond acceptors (Lipinski definition) is 3. The normalized spacial score (nSPS) is 10.1. The molecule has 0 aliphatic heterocycles. The molecule has 0 aliphatic carbocycles. The fourth-order valence-corrected chi connectivity index (χ4v) is 1.40. The molecule has 0 amide bonds. The van der Waals surface area contributed by atoms with E-state index in [0.29, 0.717) is 16.9 Å². The lowest BCUT2D eigenvalue weighted by Gasteiger charge is -1.88. The summed E-state index contributed by atoms with van der Waals surface area (Å²) in [5.74, 6) is -0.540. The molecule has 0 bridgehead atoms. The molecule has 2 aromatic rings. The van der Waals surface area contributed by atoms with E-state index in [2.05, 4.69) is 0 Å². The van der Waals surface area contributed by atoms with Crippen molar-refractivity contribution in [3.05, 3.63) is 35.6 Å². The van der Waals surface area contributed by atoms with Crippen molar-refractivity contribution in [2.75, 3.05) is 0 Å². The van der Waals surface area contributed by atoms with E-state index in [1.54, 1.807) is 24.3 Å². The van der Waals surface area contributed by atoms with Crippen molar-refractivity contribution in [3.63, 3.8) is 0 Å². The number of furan rings is 1. The molecule has 0 spiro atoms. The van der Waals surface area contributed by atoms with Crippen molar-refractivity contribution in [2.45, 2.75) is 6.42 Å². The summed E-state index contributed by atoms with van der Waals surface area (Å²) in [7, 11) is 0. The van der Waals surface area contributed by atoms with E-state index in [-0.39, 0.29) is 6.42 Å². The molecule has 1 N–H and O–H groups in total. The second-order valence-corrected chi connectivity index (χ2v) is 3.15. The molecule has 0 aliphatic rings. The maximum atomic E-state index is 10.5. The van der Waals surface area contributed by atoms with Gasteiger partial charge < -0.3 is 9.52 Å². The first kappa shape index (κ1) is 9.28. The highest BCUT2D eigenvalue weighted by Gasteiger charge is 2.07. The van der Waals surface area contributed by atoms with Crippen molar-refractivity contribution in [1.29, 1.82) is 5.26 Å². The maximum Gasteiger partial charge on any atom is 0.311 e. The highest BCUT2D eigenvalue weighted by molar-refractivity contribution is 5.81. The zero-order chi connectivity index (χ0) is 10.8. The van der Waals surface area contributed by atoms with Crippen LogP contribution in [0.5, 0.6) is 0 Å². The Labute approximate surface area is 85.4 Å². The Kier molecular flexibility index (Phi) is 2.14. The van der Waals surface area contributed by atoms with Crippen LogP contribution in [-0.4, -0.2) is 11.1 Å². The minimum atomic E-state index is -0.936. The summed E-state index contributed by atoms with van der Waals surface area (Å²) >= 11 is 0. The second kappa shape index (κ2) is 3.46. The predicted molar refractivity (Wildman–Crippen MR) is 52.3 cm³/mol. The summed E-state index contributed by atoms with van der Waals surface area (Å²) in [6.07, 6.45) is -0.142. The maximum absolute atomic E-state index is 10.5. The average molecular weight is 201 g/mol. The average Bonchev–Trinajstić information content (AvgIpc) is 2.57. The summed E-state index contributed by atoms with van der Waals surface area (Å²) in [5, 5.41) is 18.0. The minimum Gasteiger partial charge on any atom is -0.481 e. The van der Waals surface area contributed by atoms with Gasteiger partial charge in [0.1, 0.15) is 17.8 Å². The number of carboxylic acids is 1. The Morgan fingerprint density at radius 3 is 2.93 bits per heavy atom. The predicted octanol–water partition coefficient (Wildman–Crippen LogP) is 1.93. The second-order valence-electron chi connectivity index (χ2n) is 3.15. The summed E-state index contributed by atoms with van der Waals surface area (Å²) in [4.78, 5) is 10.5. The Morgan fingerprint density at radius 2 is 2.27 bits per heavy atom. The summed E-state index contributed by atoms with van der Waals surface area (Å²) in [6.45, 7) is 0. The highest BCUT2D eigenvalue weighted by atomic mass is 16.4. The number of nitrogens with zero attached hydrogens (tertiary/aromatic N) is 1. The fraction of sp³-hybridized carbons (Fsp3) is 0.0909. The van der Waals surface area contributed by atoms with Crippen LogP contribution in [0.25, 0.3) is 11.0 Å². The third-order valence-corrected chi connectivity index (χ3v) is 2.02. The van der Waals surface area contributed by atoms with Crippen molar-refractivity contribution < 1.29 is 14.3 Å². The Morgan fingerprint density at radius 1 is 1.47 bits per heavy atom. The van der Waals surface area contributed by atoms with Crippen molar-refractivity contribution in [1.82, 2.24) is 0 Å². The first-order valence-electron chi connectivity index (χ1n) is 4.33. The fourth-order valence-electron chi connectivity index (χ4n) is 1.40. The number of carboxylic acid groups (broad SMARTS) is 1. The lowest BCUT2D eigenvalue weighted by atomic mass is 10.2. The van der Waals surface area contributed by atoms with Crippen LogP contribution in [0.3, 0.4) is 0 Å². The third-order valence-electron chi connectivity index (χ3n) is 2.02. The Hall–Kier alpha value is -2.28. The van der Waals surface area contributed by atoms with E-state index in [1.807, 2.05) is 6.07 Å². The Bertz CT molecular complexity index is 563. The standard InChI is InChI=1S/C11H7NO3/c12-6-7-1-2-10-8(3-7)4-9(15-10)5-11(13)14/h1-4H,5H2,(H,13,14). The van der Waals surface area contributed by atoms with Gasteiger partial charge in [-0.05, 0) is 24.3 Å². The van der Waals surface area contributed by atoms with Crippen LogP contribution in [0.2, 0.25) is 0 Å². The number of aliphatic carboxylic acids is 1. The Balaban J connectivity index is 2.47. The minimum absolute atomic E-state index is 0.142. The summed E-state index contributed by atoms with van der Waals surface area (Å²) < 4.78 is 5.29. The molecule has 0 atom stereocenters. The first-order chi connectivity index (χ1) is 7.19. The van der Waals surface area contributed by atoms with E-state index in [4.69, 9.17) is 14.8 Å². The van der Waals surface area contributed by atoms with Gasteiger partial charge in [-0.3, -0.25) is 4.79 Å². The van der Waals surface area contributed by atoms with Crippen LogP contribution in [0.4, 0.5) is 0 Å². The van der Waals surface area contributed by atoms with Gasteiger partial charge in [0.05, 0.1) is 11.6 Å². The molecule has 74 valence electrons. The molecule has 4 heteroatoms. The van der Waals surface area contributed by atoms with E-state index < -0.39 is 5.97 Å². The molecule has 0 saturated carbocycles. The molecular formula is C11H7NO3. The van der Waals surface area contributed by atoms with Gasteiger partial charge in [0.25, 0.3) is 0 Å². The largest absolute Gasteiger partial charge is 0.481 e. The van der Waals surface area contributed by atoms with Crippen LogP contribution in [0.1, 0.15) is 11.3 Å². The van der Waals surface area contributed by atoms with E-state index in [9.17, 15) is 4.79 Å². The van der Waals surface area contributed by atoms with Gasteiger partial charge in [-0.15, -0.1) is 0 Å². The number of carbonyl (C=O) groups is 1. The lowest BCUT2D eigenvalue weighted by molar-refractivity contribution is -0.136. The third kappa shape index (κ3) is 1.81. The molecule has 1 heterocycles. The van der Waals surface area contributed by atoms with Crippen molar-refractivity contribution in [3.8, 4) is 6.07 Å². The van der Waals surface area contributed by atoms with Crippen molar-refractivity contribution >= 4 is 16.9 Å². The zero-order valence-electron chi connectivity index (χ0n) is 7.73. The number of benzene rings is 1. The molecule has 0 unspecified atom stereocenters. The number of nitriles is 1. The van der Waals surface area contributed by atoms with E-state index >= 15 is 0 Å². The van der Waals surface area contributed by atoms with E-state index in [0.717, 1.165) is 5.39 Å². The van der Waals surface area contributed by atoms with Crippen LogP contribution in [-0.2, 0) is 11.2 Å². The lowest BCUT2D eigenvalue weighted by Crippen LogP contribution is -1.97. The molecule has 1 aromatic heterocycles. The van der Waals surface area contributed by atoms with Gasteiger partial charge in [0.15, 0.2) is 0 Å². The number of rotatable bonds is 2. The molecular weight excluding hydrogens is 194 g/mol. The molecule has 0 fully saturated rings. The highest BCUT2D eigenvalue weighted by Crippen LogP contribution is 2.20. The topological polar surface area (TPSA) is 74.2 Å². The zero-order valence-corrected chi connectivity index (χ0v) is 7.73. The smallest absolute Gasteiger partial charge is 0.311 e. The van der Waals surface area contributed by atoms with Gasteiger partial charge in [-0.1, -0.05) is 0 Å². The molecule has 2 rings (SSSR count). The quantitative estimate of drug-likeness (QED) is 0.805. The van der Waals surface area contributed by atoms with Crippen LogP contribution in [0, 0.1) is 11.3 Å². The molecule has 4 nitrogen and oxygen atoms in total. The number of fused-ring (bicyclic) bond motifs is 1. The van der Waals surface area contributed by atoms with Gasteiger partial charge in [-0.2, -0.15) is 5.26 Å². The van der Waals surface area contributed by atoms with Gasteiger partial charge in [0.2, 0.25) is 0 Å². The molecule has 1 aromatic carbocycles. The van der Waals surface area contributed by atoms with Gasteiger partial charge >= 0.3 is 5.97 Å². The first-order valence-corrected chi connectivity index (χ1v) is 4.33. The van der Waals surface area contributed by atoms with Gasteiger partial charge in [-0.25, -0.2) is 0 Å². The van der Waals surface area contributed by atoms with Crippen molar-refractivity contribution in [2.24, 2.45) is 0 Å². The van der Waals surface area contributed by atoms with Crippen LogP contribution in [0.15, 0.2) is 28.7 Å². The monoisotopic (exact) mass is 201 g/mol. The summed E-state index contributed by atoms with van der Waals surface area (Å²) in [5.41, 5.74) is 1.13. The van der Waals surface area contributed by atoms with Gasteiger partial charge in [0, 0.05) is 5.39 Å². The molecule has 0 saturated heterocycles. The molecule has 0 radical (unpaired) electrons. The van der Waals surface area contributed by atoms with E-state index in [1.165, 1.54) is 0 Å².